The van der Waals surface area contributed by atoms with E-state index in [1.807, 2.05) is 0 Å². The van der Waals surface area contributed by atoms with E-state index in [1.54, 1.807) is 0 Å². The fourth-order valence-corrected chi connectivity index (χ4v) is 0.243. The minimum atomic E-state index is 0.0405. The predicted octanol–water partition coefficient (Wildman–Crippen LogP) is -0.280. The molecule has 35 valence electrons. The lowest BCUT2D eigenvalue weighted by atomic mass is 11.3. The molecule has 7 heavy (non-hydrogen) atoms. The van der Waals surface area contributed by atoms with Crippen molar-refractivity contribution >= 4 is 11.6 Å². The molecule has 0 fully saturated rings. The van der Waals surface area contributed by atoms with E-state index in [1.165, 1.54) is 0 Å². The van der Waals surface area contributed by atoms with Crippen LogP contribution in [0.2, 0.25) is 5.28 Å². The fraction of sp³-hybridized carbons (Fsp3) is 0. The van der Waals surface area contributed by atoms with E-state index in [4.69, 9.17) is 11.6 Å². The Hall–Kier alpha value is -0.770. The zero-order valence-electron chi connectivity index (χ0n) is 3.17. The predicted molar refractivity (Wildman–Crippen MR) is 21.5 cm³/mol. The minimum Gasteiger partial charge on any atom is -0.121 e. The van der Waals surface area contributed by atoms with E-state index in [-0.39, 0.29) is 5.28 Å². The first-order valence-corrected chi connectivity index (χ1v) is 1.86. The molecule has 0 saturated heterocycles. The molecule has 0 spiro atoms. The van der Waals surface area contributed by atoms with Crippen molar-refractivity contribution < 1.29 is 0 Å². The van der Waals surface area contributed by atoms with Gasteiger partial charge in [-0.25, -0.2) is 0 Å². The molecule has 1 aromatic heterocycles. The molecule has 0 aromatic carbocycles. The maximum Gasteiger partial charge on any atom is 0.262 e. The van der Waals surface area contributed by atoms with E-state index in [0.29, 0.717) is 0 Å². The number of nitrogens with zero attached hydrogens (tertiary/aromatic N) is 4. The Morgan fingerprint density at radius 2 is 1.86 bits per heavy atom. The van der Waals surface area contributed by atoms with Crippen LogP contribution in [0.5, 0.6) is 0 Å². The highest BCUT2D eigenvalue weighted by atomic mass is 35.5. The molecule has 1 aromatic rings. The SMILES string of the molecule is Clc1nn[c]nn1. The van der Waals surface area contributed by atoms with Gasteiger partial charge in [0, 0.05) is 0 Å². The second kappa shape index (κ2) is 1.79. The van der Waals surface area contributed by atoms with Crippen molar-refractivity contribution in [2.24, 2.45) is 0 Å². The van der Waals surface area contributed by atoms with E-state index in [9.17, 15) is 0 Å². The van der Waals surface area contributed by atoms with Crippen LogP contribution < -0.4 is 0 Å². The Morgan fingerprint density at radius 3 is 2.14 bits per heavy atom. The average molecular weight is 116 g/mol. The molecule has 5 heteroatoms. The quantitative estimate of drug-likeness (QED) is 0.467. The van der Waals surface area contributed by atoms with Gasteiger partial charge in [-0.3, -0.25) is 0 Å². The van der Waals surface area contributed by atoms with Gasteiger partial charge >= 0.3 is 0 Å². The van der Waals surface area contributed by atoms with Crippen molar-refractivity contribution in [3.63, 3.8) is 0 Å². The van der Waals surface area contributed by atoms with Gasteiger partial charge in [0.15, 0.2) is 0 Å². The highest BCUT2D eigenvalue weighted by Crippen LogP contribution is 1.87. The number of hydrogen-bond acceptors (Lipinski definition) is 4. The first-order valence-electron chi connectivity index (χ1n) is 1.48. The molecular formula is C2ClN4. The maximum absolute atomic E-state index is 5.17. The number of halogens is 1. The lowest BCUT2D eigenvalue weighted by molar-refractivity contribution is 0.844. The average Bonchev–Trinajstić information content (AvgIpc) is 1.69. The van der Waals surface area contributed by atoms with Crippen LogP contribution in [0.3, 0.4) is 0 Å². The van der Waals surface area contributed by atoms with Crippen LogP contribution in [0.4, 0.5) is 0 Å². The molecular weight excluding hydrogens is 116 g/mol. The molecule has 1 rings (SSSR count). The normalized spacial score (nSPS) is 8.71. The Bertz CT molecular complexity index is 140. The lowest BCUT2D eigenvalue weighted by Gasteiger charge is -1.75. The van der Waals surface area contributed by atoms with Gasteiger partial charge in [0.25, 0.3) is 5.28 Å². The van der Waals surface area contributed by atoms with Crippen molar-refractivity contribution in [3.05, 3.63) is 11.6 Å². The van der Waals surface area contributed by atoms with Gasteiger partial charge in [-0.2, -0.15) is 0 Å². The molecule has 0 bridgehead atoms. The summed E-state index contributed by atoms with van der Waals surface area (Å²) in [7, 11) is 0. The van der Waals surface area contributed by atoms with Gasteiger partial charge in [-0.1, -0.05) is 0 Å². The van der Waals surface area contributed by atoms with Gasteiger partial charge in [0.05, 0.1) is 0 Å². The van der Waals surface area contributed by atoms with Crippen LogP contribution in [0, 0.1) is 6.33 Å². The van der Waals surface area contributed by atoms with E-state index in [0.717, 1.165) is 0 Å². The van der Waals surface area contributed by atoms with E-state index < -0.39 is 0 Å². The fourth-order valence-electron chi connectivity index (χ4n) is 0.167. The second-order valence-electron chi connectivity index (χ2n) is 0.769. The Balaban J connectivity index is 3.02. The molecule has 0 unspecified atom stereocenters. The van der Waals surface area contributed by atoms with Crippen molar-refractivity contribution in [3.8, 4) is 0 Å². The van der Waals surface area contributed by atoms with Crippen molar-refractivity contribution in [1.82, 2.24) is 20.4 Å². The third-order valence-electron chi connectivity index (χ3n) is 0.354. The molecule has 0 atom stereocenters. The Kier molecular flexibility index (Phi) is 1.12. The maximum atomic E-state index is 5.17. The van der Waals surface area contributed by atoms with Gasteiger partial charge in [0.1, 0.15) is 0 Å². The van der Waals surface area contributed by atoms with Crippen LogP contribution >= 0.6 is 11.6 Å². The monoisotopic (exact) mass is 115 g/mol. The minimum absolute atomic E-state index is 0.0405. The molecule has 0 saturated carbocycles. The second-order valence-corrected chi connectivity index (χ2v) is 1.11. The topological polar surface area (TPSA) is 51.6 Å². The summed E-state index contributed by atoms with van der Waals surface area (Å²) in [5.41, 5.74) is 0. The molecule has 0 aliphatic rings. The van der Waals surface area contributed by atoms with E-state index in [2.05, 4.69) is 26.7 Å². The molecule has 4 nitrogen and oxygen atoms in total. The van der Waals surface area contributed by atoms with Crippen molar-refractivity contribution in [2.75, 3.05) is 0 Å². The summed E-state index contributed by atoms with van der Waals surface area (Å²) in [6.07, 6.45) is 2.13. The first-order chi connectivity index (χ1) is 3.39. The largest absolute Gasteiger partial charge is 0.262 e. The van der Waals surface area contributed by atoms with Crippen molar-refractivity contribution in [2.45, 2.75) is 0 Å². The number of hydrogen-bond donors (Lipinski definition) is 0. The zero-order valence-corrected chi connectivity index (χ0v) is 3.92. The third kappa shape index (κ3) is 1.04. The lowest BCUT2D eigenvalue weighted by Crippen LogP contribution is -1.87. The van der Waals surface area contributed by atoms with Crippen molar-refractivity contribution in [1.29, 1.82) is 0 Å². The standard InChI is InChI=1S/C2ClN4/c3-2-6-4-1-5-7-2. The highest BCUT2D eigenvalue weighted by Gasteiger charge is 1.82. The molecule has 0 N–H and O–H groups in total. The zero-order chi connectivity index (χ0) is 5.11. The molecule has 1 heterocycles. The third-order valence-corrected chi connectivity index (χ3v) is 0.506. The van der Waals surface area contributed by atoms with E-state index >= 15 is 0 Å². The van der Waals surface area contributed by atoms with Crippen LogP contribution in [0.1, 0.15) is 0 Å². The summed E-state index contributed by atoms with van der Waals surface area (Å²) in [4.78, 5) is 0. The van der Waals surface area contributed by atoms with Crippen LogP contribution in [-0.4, -0.2) is 20.4 Å². The number of rotatable bonds is 0. The van der Waals surface area contributed by atoms with Gasteiger partial charge in [-0.05, 0) is 11.6 Å². The highest BCUT2D eigenvalue weighted by molar-refractivity contribution is 6.28. The van der Waals surface area contributed by atoms with Gasteiger partial charge < -0.3 is 0 Å². The van der Waals surface area contributed by atoms with Crippen LogP contribution in [0.15, 0.2) is 0 Å². The Morgan fingerprint density at radius 1 is 1.29 bits per heavy atom. The van der Waals surface area contributed by atoms with Crippen LogP contribution in [0.25, 0.3) is 0 Å². The first kappa shape index (κ1) is 4.39. The Labute approximate surface area is 44.6 Å². The summed E-state index contributed by atoms with van der Waals surface area (Å²) < 4.78 is 0. The summed E-state index contributed by atoms with van der Waals surface area (Å²) in [5, 5.41) is 13.0. The molecule has 0 amide bonds. The summed E-state index contributed by atoms with van der Waals surface area (Å²) in [6.45, 7) is 0. The number of aromatic nitrogens is 4. The van der Waals surface area contributed by atoms with Gasteiger partial charge in [-0.15, -0.1) is 20.4 Å². The molecule has 0 aliphatic carbocycles. The van der Waals surface area contributed by atoms with Gasteiger partial charge in [0.2, 0.25) is 6.33 Å². The molecule has 1 radical (unpaired) electrons. The smallest absolute Gasteiger partial charge is 0.121 e. The summed E-state index contributed by atoms with van der Waals surface area (Å²) >= 11 is 5.17. The summed E-state index contributed by atoms with van der Waals surface area (Å²) in [6, 6.07) is 0. The summed E-state index contributed by atoms with van der Waals surface area (Å²) in [5.74, 6) is 0. The van der Waals surface area contributed by atoms with Crippen LogP contribution in [-0.2, 0) is 0 Å². The molecule has 0 aliphatic heterocycles.